The summed E-state index contributed by atoms with van der Waals surface area (Å²) in [5, 5.41) is 0. The van der Waals surface area contributed by atoms with E-state index < -0.39 is 0 Å². The maximum atomic E-state index is 5.76. The van der Waals surface area contributed by atoms with Crippen LogP contribution in [0.3, 0.4) is 0 Å². The first-order valence-corrected chi connectivity index (χ1v) is 8.13. The van der Waals surface area contributed by atoms with Gasteiger partial charge in [0.2, 0.25) is 0 Å². The summed E-state index contributed by atoms with van der Waals surface area (Å²) in [6.45, 7) is 4.59. The number of thiophene rings is 1. The lowest BCUT2D eigenvalue weighted by molar-refractivity contribution is 0.398. The molecule has 102 valence electrons. The topological polar surface area (TPSA) is 38.0 Å². The summed E-state index contributed by atoms with van der Waals surface area (Å²) in [6, 6.07) is 2.75. The van der Waals surface area contributed by atoms with Gasteiger partial charge in [0.25, 0.3) is 0 Å². The predicted octanol–water partition coefficient (Wildman–Crippen LogP) is 3.96. The second kappa shape index (κ2) is 6.69. The van der Waals surface area contributed by atoms with Crippen LogP contribution in [0, 0.1) is 5.92 Å². The van der Waals surface area contributed by atoms with Crippen LogP contribution in [0.15, 0.2) is 6.07 Å². The third kappa shape index (κ3) is 3.34. The van der Waals surface area contributed by atoms with Crippen LogP contribution in [-0.2, 0) is 12.8 Å². The van der Waals surface area contributed by atoms with Crippen LogP contribution in [-0.4, -0.2) is 0 Å². The highest BCUT2D eigenvalue weighted by atomic mass is 32.1. The van der Waals surface area contributed by atoms with Gasteiger partial charge in [0.05, 0.1) is 6.04 Å². The summed E-state index contributed by atoms with van der Waals surface area (Å²) < 4.78 is 0. The van der Waals surface area contributed by atoms with Crippen LogP contribution in [0.5, 0.6) is 0 Å². The van der Waals surface area contributed by atoms with Gasteiger partial charge in [-0.15, -0.1) is 11.3 Å². The van der Waals surface area contributed by atoms with Crippen molar-refractivity contribution in [3.8, 4) is 0 Å². The molecule has 3 heteroatoms. The molecule has 1 aromatic rings. The average molecular weight is 266 g/mol. The van der Waals surface area contributed by atoms with E-state index in [9.17, 15) is 0 Å². The number of fused-ring (bicyclic) bond motifs is 1. The fraction of sp³-hybridized carbons (Fsp3) is 0.733. The van der Waals surface area contributed by atoms with Gasteiger partial charge in [-0.2, -0.15) is 0 Å². The maximum absolute atomic E-state index is 5.76. The molecule has 2 unspecified atom stereocenters. The van der Waals surface area contributed by atoms with E-state index in [1.54, 1.807) is 10.4 Å². The second-order valence-corrected chi connectivity index (χ2v) is 6.82. The van der Waals surface area contributed by atoms with Gasteiger partial charge in [-0.3, -0.25) is 11.3 Å². The van der Waals surface area contributed by atoms with Crippen molar-refractivity contribution in [1.29, 1.82) is 0 Å². The Labute approximate surface area is 115 Å². The Hall–Kier alpha value is -0.380. The fourth-order valence-electron chi connectivity index (χ4n) is 2.96. The Morgan fingerprint density at radius 3 is 2.83 bits per heavy atom. The van der Waals surface area contributed by atoms with Crippen LogP contribution >= 0.6 is 11.3 Å². The highest BCUT2D eigenvalue weighted by Gasteiger charge is 2.19. The van der Waals surface area contributed by atoms with E-state index in [1.165, 1.54) is 43.4 Å². The Kier molecular flexibility index (Phi) is 5.22. The molecule has 1 aliphatic carbocycles. The molecule has 18 heavy (non-hydrogen) atoms. The van der Waals surface area contributed by atoms with Crippen LogP contribution in [0.25, 0.3) is 0 Å². The summed E-state index contributed by atoms with van der Waals surface area (Å²) in [6.07, 6.45) is 8.98. The van der Waals surface area contributed by atoms with Gasteiger partial charge in [0.1, 0.15) is 0 Å². The molecular formula is C15H26N2S. The number of nitrogens with two attached hydrogens (primary N) is 1. The number of hydrogen-bond donors (Lipinski definition) is 2. The summed E-state index contributed by atoms with van der Waals surface area (Å²) in [5.74, 6) is 6.51. The molecule has 2 rings (SSSR count). The highest BCUT2D eigenvalue weighted by molar-refractivity contribution is 7.12. The van der Waals surface area contributed by atoms with Gasteiger partial charge in [0.15, 0.2) is 0 Å². The highest BCUT2D eigenvalue weighted by Crippen LogP contribution is 2.35. The van der Waals surface area contributed by atoms with E-state index in [0.29, 0.717) is 6.04 Å². The van der Waals surface area contributed by atoms with Crippen molar-refractivity contribution in [1.82, 2.24) is 5.43 Å². The molecule has 0 radical (unpaired) electrons. The third-order valence-electron chi connectivity index (χ3n) is 3.98. The first-order chi connectivity index (χ1) is 8.74. The monoisotopic (exact) mass is 266 g/mol. The maximum Gasteiger partial charge on any atom is 0.0556 e. The molecule has 0 aliphatic heterocycles. The number of hydrazine groups is 1. The predicted molar refractivity (Wildman–Crippen MR) is 79.7 cm³/mol. The third-order valence-corrected chi connectivity index (χ3v) is 5.33. The molecule has 0 saturated heterocycles. The number of nitrogens with one attached hydrogen (secondary N) is 1. The standard InChI is InChI=1S/C15H26N2S/c1-3-6-11(2)9-13(17-16)15-10-12-7-4-5-8-14(12)18-15/h10-11,13,17H,3-9,16H2,1-2H3. The molecule has 1 heterocycles. The zero-order chi connectivity index (χ0) is 13.0. The number of hydrogen-bond acceptors (Lipinski definition) is 3. The molecule has 2 nitrogen and oxygen atoms in total. The molecule has 0 fully saturated rings. The van der Waals surface area contributed by atoms with Crippen molar-refractivity contribution in [2.45, 2.75) is 64.8 Å². The second-order valence-electron chi connectivity index (χ2n) is 5.65. The SMILES string of the molecule is CCCC(C)CC(NN)c1cc2c(s1)CCCC2. The lowest BCUT2D eigenvalue weighted by Crippen LogP contribution is -2.28. The van der Waals surface area contributed by atoms with E-state index in [0.717, 1.165) is 12.3 Å². The van der Waals surface area contributed by atoms with Gasteiger partial charge in [-0.25, -0.2) is 0 Å². The summed E-state index contributed by atoms with van der Waals surface area (Å²) in [4.78, 5) is 3.06. The van der Waals surface area contributed by atoms with E-state index >= 15 is 0 Å². The van der Waals surface area contributed by atoms with Crippen molar-refractivity contribution in [2.24, 2.45) is 11.8 Å². The first-order valence-electron chi connectivity index (χ1n) is 7.32. The van der Waals surface area contributed by atoms with Crippen LogP contribution in [0.2, 0.25) is 0 Å². The Morgan fingerprint density at radius 1 is 1.39 bits per heavy atom. The minimum atomic E-state index is 0.349. The van der Waals surface area contributed by atoms with Gasteiger partial charge >= 0.3 is 0 Å². The Balaban J connectivity index is 2.05. The van der Waals surface area contributed by atoms with Crippen molar-refractivity contribution < 1.29 is 0 Å². The minimum absolute atomic E-state index is 0.349. The van der Waals surface area contributed by atoms with E-state index in [1.807, 2.05) is 11.3 Å². The molecule has 1 aliphatic rings. The Morgan fingerprint density at radius 2 is 2.17 bits per heavy atom. The largest absolute Gasteiger partial charge is 0.271 e. The van der Waals surface area contributed by atoms with Crippen LogP contribution in [0.1, 0.15) is 67.3 Å². The lowest BCUT2D eigenvalue weighted by atomic mass is 9.95. The summed E-state index contributed by atoms with van der Waals surface area (Å²) in [7, 11) is 0. The smallest absolute Gasteiger partial charge is 0.0556 e. The van der Waals surface area contributed by atoms with Gasteiger partial charge in [-0.05, 0) is 49.7 Å². The molecule has 0 spiro atoms. The van der Waals surface area contributed by atoms with Crippen molar-refractivity contribution in [3.05, 3.63) is 21.4 Å². The average Bonchev–Trinajstić information content (AvgIpc) is 2.79. The van der Waals surface area contributed by atoms with Gasteiger partial charge in [0, 0.05) is 9.75 Å². The molecule has 0 amide bonds. The van der Waals surface area contributed by atoms with Crippen molar-refractivity contribution >= 4 is 11.3 Å². The van der Waals surface area contributed by atoms with E-state index in [4.69, 9.17) is 5.84 Å². The normalized spacial score (nSPS) is 18.4. The van der Waals surface area contributed by atoms with Crippen LogP contribution < -0.4 is 11.3 Å². The number of rotatable bonds is 6. The van der Waals surface area contributed by atoms with Gasteiger partial charge < -0.3 is 0 Å². The van der Waals surface area contributed by atoms with E-state index in [2.05, 4.69) is 25.3 Å². The quantitative estimate of drug-likeness (QED) is 0.604. The zero-order valence-corrected chi connectivity index (χ0v) is 12.5. The van der Waals surface area contributed by atoms with Crippen molar-refractivity contribution in [2.75, 3.05) is 0 Å². The molecule has 0 aromatic carbocycles. The van der Waals surface area contributed by atoms with Gasteiger partial charge in [-0.1, -0.05) is 26.7 Å². The molecule has 2 atom stereocenters. The Bertz CT molecular complexity index is 349. The summed E-state index contributed by atoms with van der Waals surface area (Å²) >= 11 is 1.99. The lowest BCUT2D eigenvalue weighted by Gasteiger charge is -2.18. The zero-order valence-electron chi connectivity index (χ0n) is 11.7. The van der Waals surface area contributed by atoms with Crippen LogP contribution in [0.4, 0.5) is 0 Å². The van der Waals surface area contributed by atoms with Crippen molar-refractivity contribution in [3.63, 3.8) is 0 Å². The summed E-state index contributed by atoms with van der Waals surface area (Å²) in [5.41, 5.74) is 4.61. The minimum Gasteiger partial charge on any atom is -0.271 e. The van der Waals surface area contributed by atoms with E-state index in [-0.39, 0.29) is 0 Å². The molecule has 1 aromatic heterocycles. The molecule has 0 saturated carbocycles. The number of aryl methyl sites for hydroxylation is 2. The first kappa shape index (κ1) is 14.0. The fourth-order valence-corrected chi connectivity index (χ4v) is 4.30. The molecular weight excluding hydrogens is 240 g/mol. The molecule has 3 N–H and O–H groups in total. The molecule has 0 bridgehead atoms.